The first kappa shape index (κ1) is 8.23. The maximum absolute atomic E-state index is 3.53. The van der Waals surface area contributed by atoms with E-state index in [0.717, 1.165) is 11.0 Å². The standard InChI is InChI=1S/C9H15N2S/c1-11(2)6-5-10-9(11)8-4-3-7-12-8/h3-4,7,9-10H,5-6H2,1-2H3/q+1. The Morgan fingerprint density at radius 1 is 1.58 bits per heavy atom. The molecule has 1 fully saturated rings. The zero-order valence-electron chi connectivity index (χ0n) is 7.58. The van der Waals surface area contributed by atoms with E-state index in [-0.39, 0.29) is 0 Å². The van der Waals surface area contributed by atoms with Crippen LogP contribution in [0, 0.1) is 0 Å². The second-order valence-electron chi connectivity index (χ2n) is 3.87. The van der Waals surface area contributed by atoms with E-state index in [2.05, 4.69) is 36.9 Å². The second-order valence-corrected chi connectivity index (χ2v) is 4.85. The van der Waals surface area contributed by atoms with Crippen LogP contribution in [0.25, 0.3) is 0 Å². The van der Waals surface area contributed by atoms with Crippen molar-refractivity contribution in [3.8, 4) is 0 Å². The third kappa shape index (κ3) is 1.28. The van der Waals surface area contributed by atoms with Crippen LogP contribution in [0.3, 0.4) is 0 Å². The van der Waals surface area contributed by atoms with Gasteiger partial charge in [0.25, 0.3) is 0 Å². The quantitative estimate of drug-likeness (QED) is 0.649. The molecule has 1 unspecified atom stereocenters. The maximum Gasteiger partial charge on any atom is 0.178 e. The molecule has 0 aromatic carbocycles. The van der Waals surface area contributed by atoms with E-state index < -0.39 is 0 Å². The molecule has 1 N–H and O–H groups in total. The minimum atomic E-state index is 0.519. The van der Waals surface area contributed by atoms with Gasteiger partial charge in [-0.2, -0.15) is 0 Å². The van der Waals surface area contributed by atoms with Gasteiger partial charge in [-0.3, -0.25) is 5.32 Å². The smallest absolute Gasteiger partial charge is 0.178 e. The number of quaternary nitrogens is 1. The summed E-state index contributed by atoms with van der Waals surface area (Å²) in [5, 5.41) is 5.68. The molecule has 2 nitrogen and oxygen atoms in total. The number of rotatable bonds is 1. The van der Waals surface area contributed by atoms with E-state index in [9.17, 15) is 0 Å². The average molecular weight is 183 g/mol. The van der Waals surface area contributed by atoms with Crippen molar-refractivity contribution in [2.75, 3.05) is 27.2 Å². The fourth-order valence-electron chi connectivity index (χ4n) is 1.76. The highest BCUT2D eigenvalue weighted by Crippen LogP contribution is 2.28. The molecular formula is C9H15N2S+. The van der Waals surface area contributed by atoms with Crippen LogP contribution < -0.4 is 5.32 Å². The first-order chi connectivity index (χ1) is 5.70. The molecule has 0 bridgehead atoms. The minimum Gasteiger partial charge on any atom is -0.308 e. The minimum absolute atomic E-state index is 0.519. The largest absolute Gasteiger partial charge is 0.308 e. The van der Waals surface area contributed by atoms with Crippen LogP contribution in [-0.4, -0.2) is 31.7 Å². The van der Waals surface area contributed by atoms with Gasteiger partial charge < -0.3 is 4.48 Å². The molecule has 1 aromatic rings. The predicted molar refractivity (Wildman–Crippen MR) is 52.0 cm³/mol. The zero-order chi connectivity index (χ0) is 8.60. The lowest BCUT2D eigenvalue weighted by molar-refractivity contribution is -0.908. The lowest BCUT2D eigenvalue weighted by Gasteiger charge is -2.29. The van der Waals surface area contributed by atoms with Gasteiger partial charge >= 0.3 is 0 Å². The molecule has 66 valence electrons. The first-order valence-corrected chi connectivity index (χ1v) is 5.17. The van der Waals surface area contributed by atoms with Crippen molar-refractivity contribution >= 4 is 11.3 Å². The van der Waals surface area contributed by atoms with Gasteiger partial charge in [0.05, 0.1) is 32.1 Å². The number of likely N-dealkylation sites (N-methyl/N-ethyl adjacent to an activating group) is 1. The number of hydrogen-bond acceptors (Lipinski definition) is 2. The third-order valence-electron chi connectivity index (χ3n) is 2.54. The van der Waals surface area contributed by atoms with Crippen molar-refractivity contribution in [1.82, 2.24) is 5.32 Å². The molecule has 1 aliphatic heterocycles. The Balaban J connectivity index is 2.25. The van der Waals surface area contributed by atoms with Gasteiger partial charge in [-0.05, 0) is 11.4 Å². The molecule has 0 radical (unpaired) electrons. The fourth-order valence-corrected chi connectivity index (χ4v) is 2.73. The van der Waals surface area contributed by atoms with Crippen molar-refractivity contribution in [3.63, 3.8) is 0 Å². The highest BCUT2D eigenvalue weighted by molar-refractivity contribution is 7.10. The van der Waals surface area contributed by atoms with Crippen molar-refractivity contribution < 1.29 is 4.48 Å². The van der Waals surface area contributed by atoms with Crippen molar-refractivity contribution in [1.29, 1.82) is 0 Å². The van der Waals surface area contributed by atoms with Gasteiger partial charge in [0.1, 0.15) is 0 Å². The summed E-state index contributed by atoms with van der Waals surface area (Å²) in [5.74, 6) is 0. The Morgan fingerprint density at radius 2 is 2.42 bits per heavy atom. The van der Waals surface area contributed by atoms with Crippen molar-refractivity contribution in [2.45, 2.75) is 6.17 Å². The topological polar surface area (TPSA) is 12.0 Å². The normalized spacial score (nSPS) is 27.7. The van der Waals surface area contributed by atoms with Gasteiger partial charge in [0.15, 0.2) is 6.17 Å². The van der Waals surface area contributed by atoms with Crippen LogP contribution in [0.5, 0.6) is 0 Å². The Kier molecular flexibility index (Phi) is 1.94. The van der Waals surface area contributed by atoms with Crippen LogP contribution in [0.2, 0.25) is 0 Å². The summed E-state index contributed by atoms with van der Waals surface area (Å²) >= 11 is 1.84. The van der Waals surface area contributed by atoms with E-state index in [1.165, 1.54) is 11.4 Å². The molecule has 0 saturated carbocycles. The monoisotopic (exact) mass is 183 g/mol. The lowest BCUT2D eigenvalue weighted by atomic mass is 10.3. The van der Waals surface area contributed by atoms with E-state index in [1.54, 1.807) is 0 Å². The molecule has 0 spiro atoms. The molecule has 12 heavy (non-hydrogen) atoms. The second kappa shape index (κ2) is 2.83. The van der Waals surface area contributed by atoms with Gasteiger partial charge in [-0.15, -0.1) is 11.3 Å². The van der Waals surface area contributed by atoms with Gasteiger partial charge in [-0.1, -0.05) is 6.07 Å². The molecule has 3 heteroatoms. The van der Waals surface area contributed by atoms with E-state index >= 15 is 0 Å². The SMILES string of the molecule is C[N+]1(C)CCNC1c1cccs1. The van der Waals surface area contributed by atoms with Crippen LogP contribution in [0.4, 0.5) is 0 Å². The highest BCUT2D eigenvalue weighted by Gasteiger charge is 2.35. The fraction of sp³-hybridized carbons (Fsp3) is 0.556. The maximum atomic E-state index is 3.53. The number of hydrogen-bond donors (Lipinski definition) is 1. The first-order valence-electron chi connectivity index (χ1n) is 4.29. The molecule has 2 rings (SSSR count). The Hall–Kier alpha value is -0.380. The van der Waals surface area contributed by atoms with Crippen molar-refractivity contribution in [2.24, 2.45) is 0 Å². The average Bonchev–Trinajstić information content (AvgIpc) is 2.55. The predicted octanol–water partition coefficient (Wildman–Crippen LogP) is 1.43. The Morgan fingerprint density at radius 3 is 2.92 bits per heavy atom. The molecule has 1 atom stereocenters. The summed E-state index contributed by atoms with van der Waals surface area (Å²) in [6.07, 6.45) is 0.519. The Labute approximate surface area is 77.4 Å². The van der Waals surface area contributed by atoms with Crippen LogP contribution in [-0.2, 0) is 0 Å². The summed E-state index contributed by atoms with van der Waals surface area (Å²) in [7, 11) is 4.56. The third-order valence-corrected chi connectivity index (χ3v) is 3.46. The number of nitrogens with one attached hydrogen (secondary N) is 1. The molecular weight excluding hydrogens is 168 g/mol. The molecule has 1 aromatic heterocycles. The summed E-state index contributed by atoms with van der Waals surface area (Å²) < 4.78 is 1.07. The summed E-state index contributed by atoms with van der Waals surface area (Å²) in [6.45, 7) is 2.36. The van der Waals surface area contributed by atoms with Gasteiger partial charge in [-0.25, -0.2) is 0 Å². The summed E-state index contributed by atoms with van der Waals surface area (Å²) in [5.41, 5.74) is 0. The van der Waals surface area contributed by atoms with Crippen LogP contribution in [0.15, 0.2) is 17.5 Å². The molecule has 0 amide bonds. The van der Waals surface area contributed by atoms with Gasteiger partial charge in [0, 0.05) is 0 Å². The number of nitrogens with zero attached hydrogens (tertiary/aromatic N) is 1. The van der Waals surface area contributed by atoms with Crippen LogP contribution in [0.1, 0.15) is 11.0 Å². The van der Waals surface area contributed by atoms with E-state index in [0.29, 0.717) is 6.17 Å². The van der Waals surface area contributed by atoms with E-state index in [1.807, 2.05) is 11.3 Å². The lowest BCUT2D eigenvalue weighted by Crippen LogP contribution is -2.40. The summed E-state index contributed by atoms with van der Waals surface area (Å²) in [4.78, 5) is 1.46. The molecule has 1 saturated heterocycles. The van der Waals surface area contributed by atoms with Crippen molar-refractivity contribution in [3.05, 3.63) is 22.4 Å². The number of thiophene rings is 1. The molecule has 0 aliphatic carbocycles. The zero-order valence-corrected chi connectivity index (χ0v) is 8.40. The Bertz CT molecular complexity index is 254. The highest BCUT2D eigenvalue weighted by atomic mass is 32.1. The molecule has 1 aliphatic rings. The van der Waals surface area contributed by atoms with Gasteiger partial charge in [0.2, 0.25) is 0 Å². The van der Waals surface area contributed by atoms with Crippen LogP contribution >= 0.6 is 11.3 Å². The molecule has 2 heterocycles. The summed E-state index contributed by atoms with van der Waals surface area (Å²) in [6, 6.07) is 4.34. The van der Waals surface area contributed by atoms with E-state index in [4.69, 9.17) is 0 Å².